The van der Waals surface area contributed by atoms with E-state index in [1.807, 2.05) is 0 Å². The van der Waals surface area contributed by atoms with E-state index in [4.69, 9.17) is 9.47 Å². The molecule has 1 aromatic carbocycles. The van der Waals surface area contributed by atoms with Gasteiger partial charge in [-0.15, -0.1) is 0 Å². The van der Waals surface area contributed by atoms with E-state index in [-0.39, 0.29) is 22.8 Å². The quantitative estimate of drug-likeness (QED) is 0.829. The Labute approximate surface area is 156 Å². The van der Waals surface area contributed by atoms with E-state index in [1.54, 1.807) is 6.07 Å². The molecule has 1 saturated heterocycles. The van der Waals surface area contributed by atoms with Crippen molar-refractivity contribution >= 4 is 7.85 Å². The van der Waals surface area contributed by atoms with Crippen LogP contribution < -0.4 is 4.74 Å². The molecule has 1 spiro atoms. The number of phenols is 1. The van der Waals surface area contributed by atoms with Crippen LogP contribution in [0, 0.1) is 5.92 Å². The van der Waals surface area contributed by atoms with Crippen molar-refractivity contribution < 1.29 is 14.6 Å². The third-order valence-electron chi connectivity index (χ3n) is 7.05. The summed E-state index contributed by atoms with van der Waals surface area (Å²) < 4.78 is 12.9. The molecule has 2 bridgehead atoms. The smallest absolute Gasteiger partial charge is 0.166 e. The first kappa shape index (κ1) is 16.6. The lowest BCUT2D eigenvalue weighted by Crippen LogP contribution is -2.66. The van der Waals surface area contributed by atoms with Gasteiger partial charge in [-0.1, -0.05) is 6.07 Å². The van der Waals surface area contributed by atoms with Gasteiger partial charge in [0.25, 0.3) is 0 Å². The number of rotatable bonds is 2. The lowest BCUT2D eigenvalue weighted by molar-refractivity contribution is -0.0618. The molecule has 1 fully saturated rings. The second-order valence-electron chi connectivity index (χ2n) is 9.64. The summed E-state index contributed by atoms with van der Waals surface area (Å²) in [5.41, 5.74) is 2.28. The normalized spacial score (nSPS) is 37.6. The summed E-state index contributed by atoms with van der Waals surface area (Å²) in [6, 6.07) is 4.91. The Kier molecular flexibility index (Phi) is 3.19. The Hall–Kier alpha value is -1.62. The predicted molar refractivity (Wildman–Crippen MR) is 103 cm³/mol. The van der Waals surface area contributed by atoms with Crippen LogP contribution >= 0.6 is 0 Å². The Morgan fingerprint density at radius 2 is 2.15 bits per heavy atom. The van der Waals surface area contributed by atoms with Crippen LogP contribution in [0.2, 0.25) is 0 Å². The van der Waals surface area contributed by atoms with Crippen molar-refractivity contribution in [1.82, 2.24) is 4.90 Å². The van der Waals surface area contributed by atoms with Gasteiger partial charge in [-0.3, -0.25) is 0 Å². The minimum atomic E-state index is -0.260. The molecule has 1 N–H and O–H groups in total. The summed E-state index contributed by atoms with van der Waals surface area (Å²) in [6.07, 6.45) is 5.23. The van der Waals surface area contributed by atoms with Crippen LogP contribution in [0.3, 0.4) is 0 Å². The zero-order valence-electron chi connectivity index (χ0n) is 16.4. The van der Waals surface area contributed by atoms with E-state index in [9.17, 15) is 5.11 Å². The molecule has 4 nitrogen and oxygen atoms in total. The maximum atomic E-state index is 10.5. The summed E-state index contributed by atoms with van der Waals surface area (Å²) in [5, 5.41) is 10.5. The number of likely N-dealkylation sites (tertiary alicyclic amines) is 1. The lowest BCUT2D eigenvalue weighted by atomic mass is 9.52. The van der Waals surface area contributed by atoms with Gasteiger partial charge in [-0.05, 0) is 70.7 Å². The van der Waals surface area contributed by atoms with Gasteiger partial charge < -0.3 is 19.5 Å². The predicted octanol–water partition coefficient (Wildman–Crippen LogP) is 2.33. The molecule has 4 aliphatic rings. The number of benzene rings is 1. The Morgan fingerprint density at radius 3 is 2.88 bits per heavy atom. The summed E-state index contributed by atoms with van der Waals surface area (Å²) in [7, 11) is 4.35. The molecule has 2 aliphatic carbocycles. The van der Waals surface area contributed by atoms with Crippen LogP contribution in [0.25, 0.3) is 0 Å². The standard InChI is InChI=1S/C21H28BNO3/c1-11-10-21-13-6-8-16(26-20(2,3)22)19(21)25-18-15(24)7-5-12(17(18)21)9-14(13)23(11)4/h5,7-8,11,13-14,19,24H,6,9-10,22H2,1-4H3/t11?,13?,14-,19?,21+/m1/s1. The van der Waals surface area contributed by atoms with Crippen molar-refractivity contribution in [3.8, 4) is 11.5 Å². The highest BCUT2D eigenvalue weighted by Gasteiger charge is 2.65. The number of hydrogen-bond donors (Lipinski definition) is 1. The van der Waals surface area contributed by atoms with Crippen molar-refractivity contribution in [3.05, 3.63) is 35.1 Å². The molecule has 0 saturated carbocycles. The zero-order valence-corrected chi connectivity index (χ0v) is 16.4. The van der Waals surface area contributed by atoms with E-state index < -0.39 is 0 Å². The molecule has 1 aromatic rings. The fourth-order valence-electron chi connectivity index (χ4n) is 6.08. The number of aromatic hydroxyl groups is 1. The number of hydrogen-bond acceptors (Lipinski definition) is 4. The van der Waals surface area contributed by atoms with Crippen LogP contribution in [0.1, 0.15) is 44.7 Å². The van der Waals surface area contributed by atoms with Gasteiger partial charge in [0.15, 0.2) is 25.4 Å². The van der Waals surface area contributed by atoms with Crippen molar-refractivity contribution in [2.24, 2.45) is 5.92 Å². The van der Waals surface area contributed by atoms with Gasteiger partial charge in [-0.25, -0.2) is 0 Å². The Bertz CT molecular complexity index is 814. The fraction of sp³-hybridized carbons (Fsp3) is 0.619. The Balaban J connectivity index is 1.73. The molecule has 26 heavy (non-hydrogen) atoms. The van der Waals surface area contributed by atoms with Crippen molar-refractivity contribution in [2.45, 2.75) is 69.1 Å². The number of allylic oxidation sites excluding steroid dienone is 1. The van der Waals surface area contributed by atoms with E-state index in [1.165, 1.54) is 11.1 Å². The first-order valence-electron chi connectivity index (χ1n) is 9.85. The van der Waals surface area contributed by atoms with Crippen molar-refractivity contribution in [2.75, 3.05) is 7.05 Å². The third kappa shape index (κ3) is 1.95. The maximum Gasteiger partial charge on any atom is 0.166 e. The molecule has 0 aromatic heterocycles. The van der Waals surface area contributed by atoms with Crippen molar-refractivity contribution in [3.63, 3.8) is 0 Å². The fourth-order valence-corrected chi connectivity index (χ4v) is 6.08. The summed E-state index contributed by atoms with van der Waals surface area (Å²) in [6.45, 7) is 6.50. The van der Waals surface area contributed by atoms with E-state index in [0.29, 0.717) is 23.8 Å². The first-order valence-corrected chi connectivity index (χ1v) is 9.85. The molecule has 2 heterocycles. The molecule has 138 valence electrons. The number of phenolic OH excluding ortho intramolecular Hbond substituents is 1. The number of nitrogens with zero attached hydrogens (tertiary/aromatic N) is 1. The summed E-state index contributed by atoms with van der Waals surface area (Å²) in [5.74, 6) is 2.44. The highest BCUT2D eigenvalue weighted by atomic mass is 16.6. The van der Waals surface area contributed by atoms with Crippen LogP contribution in [0.4, 0.5) is 0 Å². The van der Waals surface area contributed by atoms with E-state index in [0.717, 1.165) is 25.0 Å². The van der Waals surface area contributed by atoms with Crippen LogP contribution in [-0.4, -0.2) is 48.6 Å². The van der Waals surface area contributed by atoms with Crippen LogP contribution in [0.15, 0.2) is 24.0 Å². The molecular formula is C21H28BNO3. The van der Waals surface area contributed by atoms with E-state index >= 15 is 0 Å². The monoisotopic (exact) mass is 353 g/mol. The van der Waals surface area contributed by atoms with Crippen molar-refractivity contribution in [1.29, 1.82) is 0 Å². The third-order valence-corrected chi connectivity index (χ3v) is 7.05. The molecule has 0 radical (unpaired) electrons. The van der Waals surface area contributed by atoms with Crippen LogP contribution in [-0.2, 0) is 16.6 Å². The number of likely N-dealkylation sites (N-methyl/N-ethyl adjacent to an activating group) is 1. The average molecular weight is 353 g/mol. The average Bonchev–Trinajstić information content (AvgIpc) is 2.89. The molecule has 2 aliphatic heterocycles. The number of ether oxygens (including phenoxy) is 2. The molecule has 5 rings (SSSR count). The minimum Gasteiger partial charge on any atom is -0.504 e. The lowest BCUT2D eigenvalue weighted by Gasteiger charge is -2.59. The topological polar surface area (TPSA) is 41.9 Å². The van der Waals surface area contributed by atoms with Gasteiger partial charge in [0.2, 0.25) is 0 Å². The second kappa shape index (κ2) is 5.01. The van der Waals surface area contributed by atoms with Gasteiger partial charge in [0, 0.05) is 23.1 Å². The maximum absolute atomic E-state index is 10.5. The van der Waals surface area contributed by atoms with Crippen LogP contribution in [0.5, 0.6) is 11.5 Å². The van der Waals surface area contributed by atoms with Gasteiger partial charge in [0.1, 0.15) is 5.76 Å². The van der Waals surface area contributed by atoms with Gasteiger partial charge in [0.05, 0.1) is 5.50 Å². The molecular weight excluding hydrogens is 325 g/mol. The molecule has 5 atom stereocenters. The zero-order chi connectivity index (χ0) is 18.4. The minimum absolute atomic E-state index is 0.0758. The van der Waals surface area contributed by atoms with Gasteiger partial charge >= 0.3 is 0 Å². The SMILES string of the molecule is BC(C)(C)OC1=CCC2[C@H]3Cc4ccc(O)c5c4[C@@]2(CC(C)N3C)C1O5. The largest absolute Gasteiger partial charge is 0.504 e. The molecule has 0 amide bonds. The first-order chi connectivity index (χ1) is 12.2. The summed E-state index contributed by atoms with van der Waals surface area (Å²) >= 11 is 0. The highest BCUT2D eigenvalue weighted by Crippen LogP contribution is 2.64. The number of piperidine rings is 1. The molecule has 5 heteroatoms. The second-order valence-corrected chi connectivity index (χ2v) is 9.64. The molecule has 3 unspecified atom stereocenters. The Morgan fingerprint density at radius 1 is 1.38 bits per heavy atom. The van der Waals surface area contributed by atoms with E-state index in [2.05, 4.69) is 52.7 Å². The highest BCUT2D eigenvalue weighted by molar-refractivity contribution is 6.13. The summed E-state index contributed by atoms with van der Waals surface area (Å²) in [4.78, 5) is 2.56. The van der Waals surface area contributed by atoms with Gasteiger partial charge in [-0.2, -0.15) is 0 Å².